The van der Waals surface area contributed by atoms with Gasteiger partial charge in [0.1, 0.15) is 5.70 Å². The van der Waals surface area contributed by atoms with Crippen molar-refractivity contribution in [2.24, 2.45) is 0 Å². The van der Waals surface area contributed by atoms with Crippen molar-refractivity contribution < 1.29 is 28.7 Å². The number of carbonyl (C=O) groups is 4. The van der Waals surface area contributed by atoms with Gasteiger partial charge in [-0.3, -0.25) is 19.2 Å². The summed E-state index contributed by atoms with van der Waals surface area (Å²) in [6.45, 7) is -0.00176. The highest BCUT2D eigenvalue weighted by molar-refractivity contribution is 6.32. The SMILES string of the molecule is O=C(O)CCNC(=O)c1ccc(NC(=O)/C(=C\c2ccccc2Cl)NC(=O)c2ccco2)cc1. The zero-order valence-corrected chi connectivity index (χ0v) is 18.5. The fourth-order valence-electron chi connectivity index (χ4n) is 2.79. The largest absolute Gasteiger partial charge is 0.481 e. The quantitative estimate of drug-likeness (QED) is 0.345. The second-order valence-corrected chi connectivity index (χ2v) is 7.35. The number of aliphatic carboxylic acids is 1. The second-order valence-electron chi connectivity index (χ2n) is 6.94. The Morgan fingerprint density at radius 2 is 1.68 bits per heavy atom. The number of halogens is 1. The number of hydrogen-bond donors (Lipinski definition) is 4. The van der Waals surface area contributed by atoms with Crippen LogP contribution in [0.1, 0.15) is 32.9 Å². The van der Waals surface area contributed by atoms with Gasteiger partial charge in [0.2, 0.25) is 0 Å². The van der Waals surface area contributed by atoms with Gasteiger partial charge in [-0.2, -0.15) is 0 Å². The number of benzene rings is 2. The van der Waals surface area contributed by atoms with Crippen LogP contribution in [0.25, 0.3) is 6.08 Å². The van der Waals surface area contributed by atoms with E-state index in [1.54, 1.807) is 30.3 Å². The number of rotatable bonds is 9. The van der Waals surface area contributed by atoms with Gasteiger partial charge in [-0.1, -0.05) is 29.8 Å². The topological polar surface area (TPSA) is 138 Å². The molecular formula is C24H20ClN3O6. The Kier molecular flexibility index (Phi) is 8.20. The van der Waals surface area contributed by atoms with E-state index in [0.29, 0.717) is 21.8 Å². The summed E-state index contributed by atoms with van der Waals surface area (Å²) in [5.74, 6) is -2.68. The molecule has 0 bridgehead atoms. The summed E-state index contributed by atoms with van der Waals surface area (Å²) in [5, 5.41) is 16.7. The van der Waals surface area contributed by atoms with Crippen molar-refractivity contribution in [2.75, 3.05) is 11.9 Å². The number of nitrogens with one attached hydrogen (secondary N) is 3. The Labute approximate surface area is 199 Å². The molecule has 3 rings (SSSR count). The minimum atomic E-state index is -1.02. The van der Waals surface area contributed by atoms with Crippen LogP contribution in [0.2, 0.25) is 5.02 Å². The van der Waals surface area contributed by atoms with Crippen molar-refractivity contribution >= 4 is 47.1 Å². The summed E-state index contributed by atoms with van der Waals surface area (Å²) >= 11 is 6.19. The van der Waals surface area contributed by atoms with E-state index >= 15 is 0 Å². The van der Waals surface area contributed by atoms with Crippen LogP contribution in [-0.4, -0.2) is 35.3 Å². The monoisotopic (exact) mass is 481 g/mol. The van der Waals surface area contributed by atoms with Gasteiger partial charge in [-0.25, -0.2) is 0 Å². The second kappa shape index (κ2) is 11.5. The fourth-order valence-corrected chi connectivity index (χ4v) is 2.98. The maximum absolute atomic E-state index is 13.0. The summed E-state index contributed by atoms with van der Waals surface area (Å²) in [6.07, 6.45) is 2.58. The molecule has 0 radical (unpaired) electrons. The number of furan rings is 1. The zero-order chi connectivity index (χ0) is 24.5. The van der Waals surface area contributed by atoms with Crippen LogP contribution in [0.4, 0.5) is 5.69 Å². The number of hydrogen-bond acceptors (Lipinski definition) is 5. The molecule has 0 fully saturated rings. The Balaban J connectivity index is 1.74. The predicted octanol–water partition coefficient (Wildman–Crippen LogP) is 3.55. The molecule has 0 atom stereocenters. The van der Waals surface area contributed by atoms with Crippen LogP contribution in [0.5, 0.6) is 0 Å². The Hall–Kier alpha value is -4.37. The van der Waals surface area contributed by atoms with Gasteiger partial charge in [0.25, 0.3) is 17.7 Å². The molecule has 174 valence electrons. The van der Waals surface area contributed by atoms with Crippen molar-refractivity contribution in [1.29, 1.82) is 0 Å². The number of carboxylic acids is 1. The molecule has 0 aliphatic heterocycles. The third kappa shape index (κ3) is 6.81. The van der Waals surface area contributed by atoms with Gasteiger partial charge in [0, 0.05) is 22.8 Å². The lowest BCUT2D eigenvalue weighted by molar-refractivity contribution is -0.136. The Morgan fingerprint density at radius 1 is 0.941 bits per heavy atom. The van der Waals surface area contributed by atoms with Crippen molar-refractivity contribution in [2.45, 2.75) is 6.42 Å². The molecule has 2 aromatic carbocycles. The molecule has 0 saturated heterocycles. The van der Waals surface area contributed by atoms with Gasteiger partial charge in [0.05, 0.1) is 12.7 Å². The molecule has 0 aliphatic rings. The first-order valence-corrected chi connectivity index (χ1v) is 10.4. The molecule has 1 heterocycles. The van der Waals surface area contributed by atoms with Crippen LogP contribution in [0.15, 0.2) is 77.0 Å². The first kappa shape index (κ1) is 24.3. The van der Waals surface area contributed by atoms with E-state index in [9.17, 15) is 19.2 Å². The lowest BCUT2D eigenvalue weighted by Gasteiger charge is -2.11. The van der Waals surface area contributed by atoms with Crippen LogP contribution >= 0.6 is 11.6 Å². The molecule has 34 heavy (non-hydrogen) atoms. The number of carbonyl (C=O) groups excluding carboxylic acids is 3. The maximum atomic E-state index is 13.0. The third-order valence-corrected chi connectivity index (χ3v) is 4.82. The molecular weight excluding hydrogens is 462 g/mol. The fraction of sp³-hybridized carbons (Fsp3) is 0.0833. The number of anilines is 1. The van der Waals surface area contributed by atoms with Crippen molar-refractivity contribution in [3.63, 3.8) is 0 Å². The lowest BCUT2D eigenvalue weighted by Crippen LogP contribution is -2.30. The van der Waals surface area contributed by atoms with Crippen molar-refractivity contribution in [3.8, 4) is 0 Å². The molecule has 0 spiro atoms. The van der Waals surface area contributed by atoms with Crippen molar-refractivity contribution in [1.82, 2.24) is 10.6 Å². The van der Waals surface area contributed by atoms with Gasteiger partial charge >= 0.3 is 5.97 Å². The highest BCUT2D eigenvalue weighted by Crippen LogP contribution is 2.19. The molecule has 9 nitrogen and oxygen atoms in total. The minimum Gasteiger partial charge on any atom is -0.481 e. The molecule has 10 heteroatoms. The van der Waals surface area contributed by atoms with E-state index in [0.717, 1.165) is 0 Å². The van der Waals surface area contributed by atoms with Gasteiger partial charge in [-0.15, -0.1) is 0 Å². The summed E-state index contributed by atoms with van der Waals surface area (Å²) in [7, 11) is 0. The van der Waals surface area contributed by atoms with E-state index in [2.05, 4.69) is 16.0 Å². The summed E-state index contributed by atoms with van der Waals surface area (Å²) < 4.78 is 5.08. The Bertz CT molecular complexity index is 1220. The van der Waals surface area contributed by atoms with E-state index in [1.807, 2.05) is 0 Å². The lowest BCUT2D eigenvalue weighted by atomic mass is 10.1. The van der Waals surface area contributed by atoms with Gasteiger partial charge in [-0.05, 0) is 54.1 Å². The number of carboxylic acid groups (broad SMARTS) is 1. The van der Waals surface area contributed by atoms with E-state index in [4.69, 9.17) is 21.1 Å². The standard InChI is InChI=1S/C24H20ClN3O6/c25-18-5-2-1-4-16(18)14-19(28-24(33)20-6-3-13-34-20)23(32)27-17-9-7-15(8-10-17)22(31)26-12-11-21(29)30/h1-10,13-14H,11-12H2,(H,26,31)(H,27,32)(H,28,33)(H,29,30)/b19-14+. The molecule has 0 unspecified atom stereocenters. The smallest absolute Gasteiger partial charge is 0.305 e. The first-order valence-electron chi connectivity index (χ1n) is 10.1. The molecule has 3 aromatic rings. The van der Waals surface area contributed by atoms with Gasteiger partial charge < -0.3 is 25.5 Å². The molecule has 1 aromatic heterocycles. The normalized spacial score (nSPS) is 10.9. The Morgan fingerprint density at radius 3 is 2.32 bits per heavy atom. The van der Waals surface area contributed by atoms with E-state index in [1.165, 1.54) is 42.7 Å². The third-order valence-electron chi connectivity index (χ3n) is 4.47. The maximum Gasteiger partial charge on any atom is 0.305 e. The molecule has 0 aliphatic carbocycles. The highest BCUT2D eigenvalue weighted by atomic mass is 35.5. The average molecular weight is 482 g/mol. The molecule has 3 amide bonds. The van der Waals surface area contributed by atoms with Crippen LogP contribution in [-0.2, 0) is 9.59 Å². The van der Waals surface area contributed by atoms with Crippen molar-refractivity contribution in [3.05, 3.63) is 94.5 Å². The summed E-state index contributed by atoms with van der Waals surface area (Å²) in [6, 6.07) is 15.8. The number of amides is 3. The van der Waals surface area contributed by atoms with Crippen LogP contribution in [0.3, 0.4) is 0 Å². The average Bonchev–Trinajstić information content (AvgIpc) is 3.35. The van der Waals surface area contributed by atoms with E-state index < -0.39 is 23.7 Å². The zero-order valence-electron chi connectivity index (χ0n) is 17.7. The summed E-state index contributed by atoms with van der Waals surface area (Å²) in [5.41, 5.74) is 1.10. The van der Waals surface area contributed by atoms with Gasteiger partial charge in [0.15, 0.2) is 5.76 Å². The predicted molar refractivity (Wildman–Crippen MR) is 125 cm³/mol. The first-order chi connectivity index (χ1) is 16.3. The molecule has 0 saturated carbocycles. The minimum absolute atomic E-state index is 0.00176. The highest BCUT2D eigenvalue weighted by Gasteiger charge is 2.17. The van der Waals surface area contributed by atoms with Crippen LogP contribution < -0.4 is 16.0 Å². The summed E-state index contributed by atoms with van der Waals surface area (Å²) in [4.78, 5) is 48.0. The molecule has 4 N–H and O–H groups in total. The van der Waals surface area contributed by atoms with E-state index in [-0.39, 0.29) is 24.4 Å². The van der Waals surface area contributed by atoms with Crippen LogP contribution in [0, 0.1) is 0 Å².